The predicted octanol–water partition coefficient (Wildman–Crippen LogP) is -0.435. The van der Waals surface area contributed by atoms with E-state index < -0.39 is 12.0 Å². The molecule has 22 heavy (non-hydrogen) atoms. The zero-order valence-electron chi connectivity index (χ0n) is 13.8. The van der Waals surface area contributed by atoms with E-state index >= 15 is 0 Å². The molecule has 2 atom stereocenters. The molecule has 9 heteroatoms. The maximum absolute atomic E-state index is 12.5. The van der Waals surface area contributed by atoms with E-state index in [1.165, 1.54) is 7.05 Å². The molecule has 128 valence electrons. The van der Waals surface area contributed by atoms with Gasteiger partial charge in [0.15, 0.2) is 0 Å². The number of carbonyl (C=O) groups is 2. The fourth-order valence-corrected chi connectivity index (χ4v) is 1.93. The molecule has 0 saturated heterocycles. The topological polar surface area (TPSA) is 128 Å². The van der Waals surface area contributed by atoms with Crippen molar-refractivity contribution in [3.63, 3.8) is 0 Å². The largest absolute Gasteiger partial charge is 0.384 e. The average Bonchev–Trinajstić information content (AvgIpc) is 2.45. The highest BCUT2D eigenvalue weighted by atomic mass is 16.5. The van der Waals surface area contributed by atoms with Crippen molar-refractivity contribution >= 4 is 18.2 Å². The van der Waals surface area contributed by atoms with Crippen LogP contribution >= 0.6 is 0 Å². The van der Waals surface area contributed by atoms with Gasteiger partial charge in [-0.15, -0.1) is 5.10 Å². The SMILES string of the molecule is CCCCN(C(=O)C(C)CN(O)C=O)C(C)/C(N)=N/N(C)N. The van der Waals surface area contributed by atoms with E-state index in [4.69, 9.17) is 11.6 Å². The summed E-state index contributed by atoms with van der Waals surface area (Å²) in [5.41, 5.74) is 5.87. The van der Waals surface area contributed by atoms with Gasteiger partial charge in [0.05, 0.1) is 18.5 Å². The smallest absolute Gasteiger partial charge is 0.233 e. The van der Waals surface area contributed by atoms with Crippen molar-refractivity contribution in [1.82, 2.24) is 15.1 Å². The molecule has 0 radical (unpaired) electrons. The number of rotatable bonds is 10. The van der Waals surface area contributed by atoms with E-state index in [9.17, 15) is 14.8 Å². The first kappa shape index (κ1) is 20.1. The normalized spacial score (nSPS) is 14.2. The molecule has 0 fully saturated rings. The maximum atomic E-state index is 12.5. The van der Waals surface area contributed by atoms with Crippen molar-refractivity contribution in [2.45, 2.75) is 39.7 Å². The molecule has 0 aromatic heterocycles. The standard InChI is InChI=1S/C13H28N6O3/c1-5-6-7-19(11(3)12(14)16-17(4)15)13(21)10(2)8-18(22)9-20/h9-11,22H,5-8,15H2,1-4H3,(H2,14,16). The van der Waals surface area contributed by atoms with E-state index in [1.54, 1.807) is 18.7 Å². The zero-order chi connectivity index (χ0) is 17.3. The number of hydrogen-bond donors (Lipinski definition) is 3. The molecule has 0 aliphatic heterocycles. The highest BCUT2D eigenvalue weighted by molar-refractivity contribution is 5.90. The van der Waals surface area contributed by atoms with Gasteiger partial charge < -0.3 is 10.6 Å². The second-order valence-corrected chi connectivity index (χ2v) is 5.29. The van der Waals surface area contributed by atoms with Crippen molar-refractivity contribution in [3.05, 3.63) is 0 Å². The Kier molecular flexibility index (Phi) is 9.11. The number of nitrogens with zero attached hydrogens (tertiary/aromatic N) is 4. The molecule has 0 heterocycles. The number of nitrogens with two attached hydrogens (primary N) is 2. The van der Waals surface area contributed by atoms with Gasteiger partial charge in [-0.3, -0.25) is 14.8 Å². The second-order valence-electron chi connectivity index (χ2n) is 5.29. The fraction of sp³-hybridized carbons (Fsp3) is 0.769. The van der Waals surface area contributed by atoms with Crippen LogP contribution in [0.2, 0.25) is 0 Å². The average molecular weight is 316 g/mol. The quantitative estimate of drug-likeness (QED) is 0.125. The van der Waals surface area contributed by atoms with E-state index in [2.05, 4.69) is 5.10 Å². The molecule has 0 aliphatic rings. The molecule has 5 N–H and O–H groups in total. The Bertz CT molecular complexity index is 388. The van der Waals surface area contributed by atoms with Gasteiger partial charge in [-0.05, 0) is 13.3 Å². The molecule has 0 bridgehead atoms. The molecule has 0 aromatic carbocycles. The Morgan fingerprint density at radius 1 is 1.41 bits per heavy atom. The number of carbonyl (C=O) groups excluding carboxylic acids is 2. The van der Waals surface area contributed by atoms with Gasteiger partial charge in [0.25, 0.3) is 0 Å². The summed E-state index contributed by atoms with van der Waals surface area (Å²) in [5, 5.41) is 14.7. The summed E-state index contributed by atoms with van der Waals surface area (Å²) in [6, 6.07) is -0.434. The molecule has 0 saturated carbocycles. The minimum atomic E-state index is -0.557. The van der Waals surface area contributed by atoms with Crippen LogP contribution in [-0.4, -0.2) is 64.6 Å². The number of hydrazine groups is 1. The Hall–Kier alpha value is -1.87. The molecular weight excluding hydrogens is 288 g/mol. The van der Waals surface area contributed by atoms with Crippen molar-refractivity contribution in [2.75, 3.05) is 20.1 Å². The van der Waals surface area contributed by atoms with E-state index in [0.717, 1.165) is 18.0 Å². The second kappa shape index (κ2) is 9.96. The molecular formula is C13H28N6O3. The van der Waals surface area contributed by atoms with Gasteiger partial charge in [0, 0.05) is 13.6 Å². The Morgan fingerprint density at radius 2 is 2.00 bits per heavy atom. The van der Waals surface area contributed by atoms with Crippen LogP contribution < -0.4 is 11.6 Å². The third-order valence-electron chi connectivity index (χ3n) is 3.21. The lowest BCUT2D eigenvalue weighted by atomic mass is 10.1. The monoisotopic (exact) mass is 316 g/mol. The van der Waals surface area contributed by atoms with Crippen molar-refractivity contribution in [2.24, 2.45) is 22.6 Å². The van der Waals surface area contributed by atoms with E-state index in [-0.39, 0.29) is 24.7 Å². The van der Waals surface area contributed by atoms with Crippen LogP contribution in [0.25, 0.3) is 0 Å². The number of hydrazone groups is 1. The third kappa shape index (κ3) is 6.72. The van der Waals surface area contributed by atoms with Crippen LogP contribution in [0.4, 0.5) is 0 Å². The molecule has 0 rings (SSSR count). The van der Waals surface area contributed by atoms with Crippen LogP contribution in [0.3, 0.4) is 0 Å². The van der Waals surface area contributed by atoms with Gasteiger partial charge in [0.2, 0.25) is 12.3 Å². The first-order valence-corrected chi connectivity index (χ1v) is 7.28. The van der Waals surface area contributed by atoms with E-state index in [0.29, 0.717) is 11.6 Å². The summed E-state index contributed by atoms with van der Waals surface area (Å²) in [7, 11) is 1.54. The lowest BCUT2D eigenvalue weighted by molar-refractivity contribution is -0.156. The van der Waals surface area contributed by atoms with Gasteiger partial charge in [-0.25, -0.2) is 16.0 Å². The minimum Gasteiger partial charge on any atom is -0.384 e. The number of hydroxylamine groups is 2. The van der Waals surface area contributed by atoms with Crippen molar-refractivity contribution < 1.29 is 14.8 Å². The first-order valence-electron chi connectivity index (χ1n) is 7.28. The van der Waals surface area contributed by atoms with Crippen LogP contribution in [0.5, 0.6) is 0 Å². The van der Waals surface area contributed by atoms with Crippen LogP contribution in [0.15, 0.2) is 5.10 Å². The van der Waals surface area contributed by atoms with Gasteiger partial charge in [-0.2, -0.15) is 0 Å². The molecule has 2 amide bonds. The number of unbranched alkanes of at least 4 members (excludes halogenated alkanes) is 1. The Morgan fingerprint density at radius 3 is 2.45 bits per heavy atom. The van der Waals surface area contributed by atoms with Crippen LogP contribution in [0, 0.1) is 5.92 Å². The minimum absolute atomic E-state index is 0.0779. The lowest BCUT2D eigenvalue weighted by Gasteiger charge is -2.31. The van der Waals surface area contributed by atoms with Crippen LogP contribution in [0.1, 0.15) is 33.6 Å². The maximum Gasteiger partial charge on any atom is 0.233 e. The first-order chi connectivity index (χ1) is 10.2. The fourth-order valence-electron chi connectivity index (χ4n) is 1.93. The molecule has 0 spiro atoms. The summed E-state index contributed by atoms with van der Waals surface area (Å²) in [6.45, 7) is 5.86. The lowest BCUT2D eigenvalue weighted by Crippen LogP contribution is -2.50. The predicted molar refractivity (Wildman–Crippen MR) is 83.4 cm³/mol. The summed E-state index contributed by atoms with van der Waals surface area (Å²) in [6.07, 6.45) is 1.99. The van der Waals surface area contributed by atoms with Gasteiger partial charge in [0.1, 0.15) is 5.84 Å². The van der Waals surface area contributed by atoms with E-state index in [1.807, 2.05) is 6.92 Å². The number of amidine groups is 1. The Balaban J connectivity index is 5.09. The summed E-state index contributed by atoms with van der Waals surface area (Å²) in [5.74, 6) is 4.89. The van der Waals surface area contributed by atoms with Crippen molar-refractivity contribution in [3.8, 4) is 0 Å². The summed E-state index contributed by atoms with van der Waals surface area (Å²) in [4.78, 5) is 24.6. The molecule has 0 aliphatic carbocycles. The van der Waals surface area contributed by atoms with Crippen molar-refractivity contribution in [1.29, 1.82) is 0 Å². The number of hydrogen-bond acceptors (Lipinski definition) is 6. The molecule has 9 nitrogen and oxygen atoms in total. The molecule has 0 aromatic rings. The Labute approximate surface area is 131 Å². The van der Waals surface area contributed by atoms with Gasteiger partial charge in [-0.1, -0.05) is 20.3 Å². The third-order valence-corrected chi connectivity index (χ3v) is 3.21. The van der Waals surface area contributed by atoms with Gasteiger partial charge >= 0.3 is 0 Å². The van der Waals surface area contributed by atoms with Crippen LogP contribution in [-0.2, 0) is 9.59 Å². The highest BCUT2D eigenvalue weighted by Gasteiger charge is 2.27. The molecule has 2 unspecified atom stereocenters. The summed E-state index contributed by atoms with van der Waals surface area (Å²) < 4.78 is 0. The highest BCUT2D eigenvalue weighted by Crippen LogP contribution is 2.10. The zero-order valence-corrected chi connectivity index (χ0v) is 13.8. The summed E-state index contributed by atoms with van der Waals surface area (Å²) >= 11 is 0. The number of amides is 2.